The highest BCUT2D eigenvalue weighted by Crippen LogP contribution is 2.16. The van der Waals surface area contributed by atoms with Crippen molar-refractivity contribution in [3.63, 3.8) is 0 Å². The molecule has 1 atom stereocenters. The fraction of sp³-hybridized carbons (Fsp3) is 0.471. The molecule has 1 aliphatic rings. The highest BCUT2D eigenvalue weighted by Gasteiger charge is 2.13. The predicted octanol–water partition coefficient (Wildman–Crippen LogP) is 1.76. The minimum Gasteiger partial charge on any atom is -0.338 e. The molecule has 3 N–H and O–H groups in total. The van der Waals surface area contributed by atoms with Gasteiger partial charge in [0, 0.05) is 19.6 Å². The second-order valence-electron chi connectivity index (χ2n) is 5.91. The average Bonchev–Trinajstić information content (AvgIpc) is 2.60. The number of benzene rings is 1. The molecule has 0 aromatic heterocycles. The number of sulfonamides is 1. The Morgan fingerprint density at radius 3 is 2.62 bits per heavy atom. The Morgan fingerprint density at radius 1 is 1.12 bits per heavy atom. The van der Waals surface area contributed by atoms with Crippen molar-refractivity contribution < 1.29 is 13.2 Å². The van der Waals surface area contributed by atoms with Gasteiger partial charge in [0.2, 0.25) is 10.0 Å². The lowest BCUT2D eigenvalue weighted by Crippen LogP contribution is -2.41. The zero-order valence-electron chi connectivity index (χ0n) is 13.7. The van der Waals surface area contributed by atoms with Crippen molar-refractivity contribution in [2.24, 2.45) is 5.92 Å². The lowest BCUT2D eigenvalue weighted by Gasteiger charge is -2.18. The maximum absolute atomic E-state index is 11.9. The topological polar surface area (TPSA) is 87.3 Å². The fourth-order valence-corrected chi connectivity index (χ4v) is 3.40. The predicted molar refractivity (Wildman–Crippen MR) is 95.0 cm³/mol. The van der Waals surface area contributed by atoms with Crippen LogP contribution in [0.1, 0.15) is 24.8 Å². The van der Waals surface area contributed by atoms with Crippen molar-refractivity contribution in [3.05, 3.63) is 48.0 Å². The van der Waals surface area contributed by atoms with Crippen LogP contribution < -0.4 is 15.4 Å². The highest BCUT2D eigenvalue weighted by molar-refractivity contribution is 7.89. The molecule has 7 heteroatoms. The van der Waals surface area contributed by atoms with E-state index < -0.39 is 10.0 Å². The Bertz CT molecular complexity index is 644. The molecular formula is C17H25N3O3S. The van der Waals surface area contributed by atoms with Crippen molar-refractivity contribution >= 4 is 16.1 Å². The quantitative estimate of drug-likeness (QED) is 0.624. The van der Waals surface area contributed by atoms with Gasteiger partial charge in [-0.3, -0.25) is 0 Å². The lowest BCUT2D eigenvalue weighted by atomic mass is 9.94. The molecule has 0 bridgehead atoms. The molecule has 24 heavy (non-hydrogen) atoms. The Hall–Kier alpha value is -1.86. The number of urea groups is 1. The second kappa shape index (κ2) is 9.44. The van der Waals surface area contributed by atoms with E-state index in [0.29, 0.717) is 12.5 Å². The Balaban J connectivity index is 1.61. The van der Waals surface area contributed by atoms with E-state index in [-0.39, 0.29) is 24.9 Å². The summed E-state index contributed by atoms with van der Waals surface area (Å²) in [5.41, 5.74) is 0.897. The number of rotatable bonds is 8. The molecule has 1 unspecified atom stereocenters. The van der Waals surface area contributed by atoms with Crippen molar-refractivity contribution in [3.8, 4) is 0 Å². The molecule has 0 radical (unpaired) electrons. The minimum absolute atomic E-state index is 0.0839. The molecule has 132 valence electrons. The van der Waals surface area contributed by atoms with E-state index in [1.165, 1.54) is 0 Å². The second-order valence-corrected chi connectivity index (χ2v) is 7.84. The summed E-state index contributed by atoms with van der Waals surface area (Å²) >= 11 is 0. The summed E-state index contributed by atoms with van der Waals surface area (Å²) in [5.74, 6) is 0.330. The summed E-state index contributed by atoms with van der Waals surface area (Å²) in [7, 11) is -3.41. The SMILES string of the molecule is O=C(NCCS(=O)(=O)NCc1ccccc1)NCC1CC=CCC1. The van der Waals surface area contributed by atoms with E-state index in [4.69, 9.17) is 0 Å². The smallest absolute Gasteiger partial charge is 0.314 e. The highest BCUT2D eigenvalue weighted by atomic mass is 32.2. The molecule has 6 nitrogen and oxygen atoms in total. The first-order valence-electron chi connectivity index (χ1n) is 8.23. The lowest BCUT2D eigenvalue weighted by molar-refractivity contribution is 0.239. The van der Waals surface area contributed by atoms with Crippen molar-refractivity contribution in [1.82, 2.24) is 15.4 Å². The third kappa shape index (κ3) is 7.14. The van der Waals surface area contributed by atoms with Gasteiger partial charge in [-0.05, 0) is 30.7 Å². The van der Waals surface area contributed by atoms with Crippen molar-refractivity contribution in [1.29, 1.82) is 0 Å². The van der Waals surface area contributed by atoms with Gasteiger partial charge in [0.25, 0.3) is 0 Å². The number of nitrogens with one attached hydrogen (secondary N) is 3. The largest absolute Gasteiger partial charge is 0.338 e. The van der Waals surface area contributed by atoms with Crippen LogP contribution in [0.3, 0.4) is 0 Å². The van der Waals surface area contributed by atoms with Crippen molar-refractivity contribution in [2.75, 3.05) is 18.8 Å². The monoisotopic (exact) mass is 351 g/mol. The molecule has 0 spiro atoms. The van der Waals surface area contributed by atoms with E-state index in [0.717, 1.165) is 24.8 Å². The van der Waals surface area contributed by atoms with Gasteiger partial charge in [-0.2, -0.15) is 0 Å². The molecule has 1 aromatic carbocycles. The molecule has 1 aromatic rings. The van der Waals surface area contributed by atoms with E-state index >= 15 is 0 Å². The third-order valence-corrected chi connectivity index (χ3v) is 5.25. The minimum atomic E-state index is -3.41. The normalized spacial score (nSPS) is 17.4. The van der Waals surface area contributed by atoms with E-state index in [2.05, 4.69) is 27.5 Å². The molecule has 0 heterocycles. The van der Waals surface area contributed by atoms with Crippen LogP contribution in [-0.2, 0) is 16.6 Å². The number of hydrogen-bond acceptors (Lipinski definition) is 3. The van der Waals surface area contributed by atoms with Crippen LogP contribution in [0, 0.1) is 5.92 Å². The first-order chi connectivity index (χ1) is 11.6. The Labute approximate surface area is 143 Å². The number of allylic oxidation sites excluding steroid dienone is 2. The van der Waals surface area contributed by atoms with Gasteiger partial charge >= 0.3 is 6.03 Å². The van der Waals surface area contributed by atoms with Crippen molar-refractivity contribution in [2.45, 2.75) is 25.8 Å². The van der Waals surface area contributed by atoms with Crippen LogP contribution in [-0.4, -0.2) is 33.3 Å². The Kier molecular flexibility index (Phi) is 7.27. The molecular weight excluding hydrogens is 326 g/mol. The van der Waals surface area contributed by atoms with Crippen LogP contribution in [0.15, 0.2) is 42.5 Å². The Morgan fingerprint density at radius 2 is 1.92 bits per heavy atom. The number of hydrogen-bond donors (Lipinski definition) is 3. The van der Waals surface area contributed by atoms with Gasteiger partial charge in [0.1, 0.15) is 0 Å². The van der Waals surface area contributed by atoms with Crippen LogP contribution in [0.4, 0.5) is 4.79 Å². The molecule has 0 aliphatic heterocycles. The fourth-order valence-electron chi connectivity index (χ4n) is 2.50. The molecule has 2 amide bonds. The number of carbonyl (C=O) groups excluding carboxylic acids is 1. The summed E-state index contributed by atoms with van der Waals surface area (Å²) in [5, 5.41) is 5.39. The number of amides is 2. The number of carbonyl (C=O) groups is 1. The maximum atomic E-state index is 11.9. The van der Waals surface area contributed by atoms with E-state index in [1.54, 1.807) is 0 Å². The van der Waals surface area contributed by atoms with Gasteiger partial charge in [-0.15, -0.1) is 0 Å². The summed E-state index contributed by atoms with van der Waals surface area (Å²) in [6, 6.07) is 8.99. The zero-order valence-corrected chi connectivity index (χ0v) is 14.5. The van der Waals surface area contributed by atoms with E-state index in [1.807, 2.05) is 30.3 Å². The first kappa shape index (κ1) is 18.5. The standard InChI is InChI=1S/C17H25N3O3S/c21-17(19-13-15-7-3-1-4-8-15)18-11-12-24(22,23)20-14-16-9-5-2-6-10-16/h1-3,5-6,9-10,15,20H,4,7-8,11-14H2,(H2,18,19,21). The summed E-state index contributed by atoms with van der Waals surface area (Å²) in [6.45, 7) is 0.959. The van der Waals surface area contributed by atoms with Gasteiger partial charge in [0.15, 0.2) is 0 Å². The van der Waals surface area contributed by atoms with Crippen LogP contribution in [0.2, 0.25) is 0 Å². The van der Waals surface area contributed by atoms with Gasteiger partial charge in [-0.25, -0.2) is 17.9 Å². The maximum Gasteiger partial charge on any atom is 0.314 e. The molecule has 1 aliphatic carbocycles. The molecule has 0 fully saturated rings. The van der Waals surface area contributed by atoms with Crippen LogP contribution >= 0.6 is 0 Å². The van der Waals surface area contributed by atoms with E-state index in [9.17, 15) is 13.2 Å². The molecule has 2 rings (SSSR count). The van der Waals surface area contributed by atoms with Crippen LogP contribution in [0.5, 0.6) is 0 Å². The van der Waals surface area contributed by atoms with Gasteiger partial charge in [0.05, 0.1) is 5.75 Å². The van der Waals surface area contributed by atoms with Gasteiger partial charge < -0.3 is 10.6 Å². The van der Waals surface area contributed by atoms with Gasteiger partial charge in [-0.1, -0.05) is 42.5 Å². The molecule has 0 saturated heterocycles. The zero-order chi connectivity index (χ0) is 17.3. The molecule has 0 saturated carbocycles. The average molecular weight is 351 g/mol. The summed E-state index contributed by atoms with van der Waals surface area (Å²) < 4.78 is 26.3. The summed E-state index contributed by atoms with van der Waals surface area (Å²) in [6.07, 6.45) is 7.41. The third-order valence-electron chi connectivity index (χ3n) is 3.92. The first-order valence-corrected chi connectivity index (χ1v) is 9.88. The van der Waals surface area contributed by atoms with Crippen LogP contribution in [0.25, 0.3) is 0 Å². The summed E-state index contributed by atoms with van der Waals surface area (Å²) in [4.78, 5) is 11.7.